The molecule has 12 heteroatoms. The van der Waals surface area contributed by atoms with E-state index in [0.717, 1.165) is 0 Å². The van der Waals surface area contributed by atoms with Gasteiger partial charge in [0.05, 0.1) is 19.8 Å². The maximum absolute atomic E-state index is 10.4. The Hall–Kier alpha value is -2.28. The number of aliphatic carboxylic acids is 2. The summed E-state index contributed by atoms with van der Waals surface area (Å²) in [6, 6.07) is 0. The first-order valence-corrected chi connectivity index (χ1v) is 6.59. The molecule has 0 spiro atoms. The number of guanidine groups is 1. The van der Waals surface area contributed by atoms with Crippen LogP contribution < -0.4 is 5.32 Å². The van der Waals surface area contributed by atoms with Gasteiger partial charge in [0, 0.05) is 13.7 Å². The van der Waals surface area contributed by atoms with Crippen molar-refractivity contribution in [2.75, 3.05) is 33.4 Å². The number of hydrogen-bond donors (Lipinski definition) is 8. The molecule has 0 unspecified atom stereocenters. The van der Waals surface area contributed by atoms with Crippen LogP contribution in [0.3, 0.4) is 0 Å². The molecule has 142 valence electrons. The van der Waals surface area contributed by atoms with Crippen LogP contribution in [0.2, 0.25) is 0 Å². The lowest BCUT2D eigenvalue weighted by Crippen LogP contribution is -2.25. The van der Waals surface area contributed by atoms with Crippen molar-refractivity contribution >= 4 is 23.8 Å². The Morgan fingerprint density at radius 1 is 1.21 bits per heavy atom. The third-order valence-corrected chi connectivity index (χ3v) is 1.74. The number of rotatable bonds is 4. The largest absolute Gasteiger partial charge is 0.481 e. The van der Waals surface area contributed by atoms with Crippen LogP contribution in [0, 0.1) is 5.41 Å². The Morgan fingerprint density at radius 3 is 1.62 bits per heavy atom. The average Bonchev–Trinajstić information content (AvgIpc) is 2.75. The van der Waals surface area contributed by atoms with Crippen molar-refractivity contribution in [1.82, 2.24) is 10.2 Å². The minimum Gasteiger partial charge on any atom is -0.481 e. The van der Waals surface area contributed by atoms with Crippen molar-refractivity contribution in [1.29, 1.82) is 5.41 Å². The molecule has 1 amide bonds. The number of hydrogen-bond acceptors (Lipinski definition) is 8. The van der Waals surface area contributed by atoms with E-state index in [-0.39, 0.29) is 31.7 Å². The van der Waals surface area contributed by atoms with Gasteiger partial charge in [-0.05, 0) is 6.92 Å². The molecule has 1 saturated heterocycles. The maximum atomic E-state index is 10.4. The van der Waals surface area contributed by atoms with E-state index in [1.54, 1.807) is 18.9 Å². The molecule has 0 aromatic carbocycles. The minimum atomic E-state index is -1.31. The number of aliphatic hydroxyl groups is 4. The molecule has 0 atom stereocenters. The number of carboxylic acids is 2. The Morgan fingerprint density at radius 2 is 1.58 bits per heavy atom. The quantitative estimate of drug-likeness (QED) is 0.237. The first kappa shape index (κ1) is 26.6. The van der Waals surface area contributed by atoms with Crippen LogP contribution >= 0.6 is 0 Å². The summed E-state index contributed by atoms with van der Waals surface area (Å²) >= 11 is 0. The highest BCUT2D eigenvalue weighted by molar-refractivity contribution is 6.02. The summed E-state index contributed by atoms with van der Waals surface area (Å²) in [6.07, 6.45) is -1.76. The average molecular weight is 355 g/mol. The summed E-state index contributed by atoms with van der Waals surface area (Å²) in [7, 11) is 1.69. The fourth-order valence-corrected chi connectivity index (χ4v) is 0.749. The molecular formula is C12H25N3O9. The van der Waals surface area contributed by atoms with Crippen LogP contribution in [0.4, 0.5) is 0 Å². The standard InChI is InChI=1S/C4H7N3O.C3H4O4.C3H8O3.C2H6O/c1-7-2-3(8)6-4(7)5;4-2(5)1-3(6)7;4-1-3(6)2-5;1-2-3/h2H2,1H3,(H2,5,6,8);1H2,(H,4,5)(H,6,7);3-6H,1-2H2;3H,2H2,1H3. The van der Waals surface area contributed by atoms with Gasteiger partial charge in [0.25, 0.3) is 0 Å². The van der Waals surface area contributed by atoms with E-state index >= 15 is 0 Å². The van der Waals surface area contributed by atoms with E-state index in [1.165, 1.54) is 0 Å². The zero-order chi connectivity index (χ0) is 19.7. The van der Waals surface area contributed by atoms with Gasteiger partial charge in [-0.2, -0.15) is 0 Å². The summed E-state index contributed by atoms with van der Waals surface area (Å²) in [6.45, 7) is 1.52. The van der Waals surface area contributed by atoms with E-state index in [0.29, 0.717) is 6.54 Å². The number of carbonyl (C=O) groups excluding carboxylic acids is 1. The highest BCUT2D eigenvalue weighted by Gasteiger charge is 2.18. The van der Waals surface area contributed by atoms with E-state index < -0.39 is 24.5 Å². The number of nitrogens with zero attached hydrogens (tertiary/aromatic N) is 1. The predicted octanol–water partition coefficient (Wildman–Crippen LogP) is -3.14. The van der Waals surface area contributed by atoms with Crippen LogP contribution in [0.25, 0.3) is 0 Å². The molecule has 24 heavy (non-hydrogen) atoms. The first-order valence-electron chi connectivity index (χ1n) is 6.59. The molecule has 0 aliphatic carbocycles. The summed E-state index contributed by atoms with van der Waals surface area (Å²) < 4.78 is 0. The van der Waals surface area contributed by atoms with E-state index in [2.05, 4.69) is 5.32 Å². The van der Waals surface area contributed by atoms with E-state index in [1.807, 2.05) is 0 Å². The molecule has 1 fully saturated rings. The van der Waals surface area contributed by atoms with Gasteiger partial charge in [0.2, 0.25) is 5.91 Å². The van der Waals surface area contributed by atoms with Crippen molar-refractivity contribution in [3.05, 3.63) is 0 Å². The Balaban J connectivity index is -0.000000257. The molecule has 0 aromatic rings. The predicted molar refractivity (Wildman–Crippen MR) is 81.3 cm³/mol. The van der Waals surface area contributed by atoms with Gasteiger partial charge in [0.15, 0.2) is 5.96 Å². The third-order valence-electron chi connectivity index (χ3n) is 1.74. The number of carbonyl (C=O) groups is 3. The van der Waals surface area contributed by atoms with E-state index in [9.17, 15) is 14.4 Å². The van der Waals surface area contributed by atoms with Gasteiger partial charge in [-0.25, -0.2) is 0 Å². The minimum absolute atomic E-state index is 0.0995. The maximum Gasteiger partial charge on any atom is 0.314 e. The SMILES string of the molecule is CCO.CN1CC(=O)NC1=N.O=C(O)CC(=O)O.OCC(O)CO. The zero-order valence-electron chi connectivity index (χ0n) is 13.5. The second-order valence-corrected chi connectivity index (χ2v) is 4.05. The first-order chi connectivity index (χ1) is 11.0. The number of aliphatic hydroxyl groups excluding tert-OH is 4. The number of carboxylic acid groups (broad SMARTS) is 2. The lowest BCUT2D eigenvalue weighted by Gasteiger charge is -2.03. The molecule has 1 aliphatic rings. The van der Waals surface area contributed by atoms with Gasteiger partial charge in [0.1, 0.15) is 12.5 Å². The Labute approximate surface area is 138 Å². The van der Waals surface area contributed by atoms with Gasteiger partial charge in [-0.15, -0.1) is 0 Å². The summed E-state index contributed by atoms with van der Waals surface area (Å²) in [5, 5.41) is 56.3. The van der Waals surface area contributed by atoms with Crippen LogP contribution in [-0.4, -0.2) is 98.9 Å². The lowest BCUT2D eigenvalue weighted by atomic mass is 10.4. The normalized spacial score (nSPS) is 12.0. The van der Waals surface area contributed by atoms with Crippen molar-refractivity contribution < 1.29 is 45.0 Å². The van der Waals surface area contributed by atoms with Gasteiger partial charge in [-0.3, -0.25) is 25.1 Å². The highest BCUT2D eigenvalue weighted by Crippen LogP contribution is 1.89. The van der Waals surface area contributed by atoms with E-state index in [4.69, 9.17) is 36.0 Å². The van der Waals surface area contributed by atoms with Crippen molar-refractivity contribution in [2.45, 2.75) is 19.4 Å². The fourth-order valence-electron chi connectivity index (χ4n) is 0.749. The molecule has 0 aromatic heterocycles. The molecule has 1 rings (SSSR count). The molecule has 1 aliphatic heterocycles. The Bertz CT molecular complexity index is 374. The van der Waals surface area contributed by atoms with Crippen molar-refractivity contribution in [3.8, 4) is 0 Å². The molecule has 8 N–H and O–H groups in total. The molecule has 0 radical (unpaired) electrons. The summed E-state index contributed by atoms with van der Waals surface area (Å²) in [5.41, 5.74) is 0. The monoisotopic (exact) mass is 355 g/mol. The van der Waals surface area contributed by atoms with Gasteiger partial charge >= 0.3 is 11.9 Å². The van der Waals surface area contributed by atoms with Crippen LogP contribution in [0.5, 0.6) is 0 Å². The number of likely N-dealkylation sites (N-methyl/N-ethyl adjacent to an activating group) is 1. The highest BCUT2D eigenvalue weighted by atomic mass is 16.4. The third kappa shape index (κ3) is 22.0. The lowest BCUT2D eigenvalue weighted by molar-refractivity contribution is -0.147. The summed E-state index contributed by atoms with van der Waals surface area (Å²) in [4.78, 5) is 30.8. The molecule has 0 bridgehead atoms. The van der Waals surface area contributed by atoms with Crippen LogP contribution in [0.1, 0.15) is 13.3 Å². The molecule has 1 heterocycles. The second kappa shape index (κ2) is 17.1. The zero-order valence-corrected chi connectivity index (χ0v) is 13.5. The van der Waals surface area contributed by atoms with Crippen LogP contribution in [-0.2, 0) is 14.4 Å². The number of nitrogens with one attached hydrogen (secondary N) is 2. The number of amides is 1. The molecule has 0 saturated carbocycles. The van der Waals surface area contributed by atoms with Crippen molar-refractivity contribution in [3.63, 3.8) is 0 Å². The van der Waals surface area contributed by atoms with Gasteiger partial charge < -0.3 is 35.5 Å². The fraction of sp³-hybridized carbons (Fsp3) is 0.667. The van der Waals surface area contributed by atoms with Gasteiger partial charge in [-0.1, -0.05) is 0 Å². The topological polar surface area (TPSA) is 212 Å². The Kier molecular flexibility index (Phi) is 18.9. The second-order valence-electron chi connectivity index (χ2n) is 4.05. The molecule has 12 nitrogen and oxygen atoms in total. The van der Waals surface area contributed by atoms with Crippen LogP contribution in [0.15, 0.2) is 0 Å². The summed E-state index contributed by atoms with van der Waals surface area (Å²) in [5.74, 6) is -2.53. The smallest absolute Gasteiger partial charge is 0.314 e. The molecular weight excluding hydrogens is 330 g/mol. The van der Waals surface area contributed by atoms with Crippen molar-refractivity contribution in [2.24, 2.45) is 0 Å².